The Hall–Kier alpha value is -0.460. The Morgan fingerprint density at radius 2 is 1.93 bits per heavy atom. The molecule has 84 valence electrons. The van der Waals surface area contributed by atoms with Gasteiger partial charge in [0.05, 0.1) is 19.3 Å². The van der Waals surface area contributed by atoms with E-state index in [-0.39, 0.29) is 6.16 Å². The molecule has 0 aliphatic heterocycles. The second-order valence-electron chi connectivity index (χ2n) is 2.68. The fraction of sp³-hybridized carbons (Fsp3) is 0.833. The summed E-state index contributed by atoms with van der Waals surface area (Å²) in [5, 5.41) is 36.5. The monoisotopic (exact) mass is 227 g/mol. The Morgan fingerprint density at radius 3 is 2.29 bits per heavy atom. The molecule has 5 N–H and O–H groups in total. The summed E-state index contributed by atoms with van der Waals surface area (Å²) in [6.45, 7) is -1.21. The number of hydrogen-bond acceptors (Lipinski definition) is 5. The quantitative estimate of drug-likeness (QED) is 0.314. The van der Waals surface area contributed by atoms with Gasteiger partial charge in [0.2, 0.25) is 0 Å². The van der Waals surface area contributed by atoms with Gasteiger partial charge in [-0.2, -0.15) is 0 Å². The predicted octanol–water partition coefficient (Wildman–Crippen LogP) is -2.15. The Labute approximate surface area is 81.2 Å². The maximum absolute atomic E-state index is 11.1. The molecule has 0 fully saturated rings. The third-order valence-electron chi connectivity index (χ3n) is 1.45. The van der Waals surface area contributed by atoms with Crippen LogP contribution in [0.1, 0.15) is 0 Å². The van der Waals surface area contributed by atoms with Crippen LogP contribution in [0, 0.1) is 0 Å². The first-order valence-electron chi connectivity index (χ1n) is 3.93. The summed E-state index contributed by atoms with van der Waals surface area (Å²) in [7, 11) is -2.51. The molecule has 0 radical (unpaired) electrons. The predicted molar refractivity (Wildman–Crippen MR) is 48.6 cm³/mol. The molecule has 0 aliphatic carbocycles. The van der Waals surface area contributed by atoms with Crippen LogP contribution in [0.3, 0.4) is 0 Å². The van der Waals surface area contributed by atoms with Crippen LogP contribution >= 0.6 is 7.95 Å². The summed E-state index contributed by atoms with van der Waals surface area (Å²) in [5.74, 6) is -1.32. The Morgan fingerprint density at radius 1 is 1.36 bits per heavy atom. The number of rotatable bonds is 7. The Balaban J connectivity index is 3.97. The smallest absolute Gasteiger partial charge is 0.323 e. The highest BCUT2D eigenvalue weighted by Gasteiger charge is 2.19. The maximum atomic E-state index is 11.1. The SMILES string of the molecule is O=C(O)[C@H](CO)N[PH](=O)C[C@H](O)CO. The minimum absolute atomic E-state index is 0.217. The highest BCUT2D eigenvalue weighted by Crippen LogP contribution is 2.16. The number of carboxylic acids is 1. The number of carboxylic acid groups (broad SMARTS) is 1. The molecule has 0 rings (SSSR count). The molecule has 8 heteroatoms. The molecular formula is C6H14NO6P. The van der Waals surface area contributed by atoms with Gasteiger partial charge >= 0.3 is 5.97 Å². The molecule has 0 aliphatic rings. The molecule has 0 aromatic rings. The molecule has 0 heterocycles. The first-order chi connectivity index (χ1) is 6.51. The van der Waals surface area contributed by atoms with Crippen LogP contribution in [-0.2, 0) is 9.36 Å². The molecule has 0 bridgehead atoms. The van der Waals surface area contributed by atoms with E-state index in [4.69, 9.17) is 20.4 Å². The van der Waals surface area contributed by atoms with Gasteiger partial charge in [-0.25, -0.2) is 0 Å². The summed E-state index contributed by atoms with van der Waals surface area (Å²) in [4.78, 5) is 10.4. The summed E-state index contributed by atoms with van der Waals surface area (Å²) < 4.78 is 11.1. The average Bonchev–Trinajstić information content (AvgIpc) is 2.13. The summed E-state index contributed by atoms with van der Waals surface area (Å²) in [5.41, 5.74) is 0. The zero-order chi connectivity index (χ0) is 11.1. The lowest BCUT2D eigenvalue weighted by molar-refractivity contribution is -0.139. The fourth-order valence-corrected chi connectivity index (χ4v) is 2.00. The van der Waals surface area contributed by atoms with Crippen LogP contribution in [0.15, 0.2) is 0 Å². The normalized spacial score (nSPS) is 17.4. The van der Waals surface area contributed by atoms with Crippen molar-refractivity contribution in [1.29, 1.82) is 0 Å². The van der Waals surface area contributed by atoms with Gasteiger partial charge in [-0.05, 0) is 0 Å². The van der Waals surface area contributed by atoms with Crippen LogP contribution in [0.25, 0.3) is 0 Å². The molecular weight excluding hydrogens is 213 g/mol. The summed E-state index contributed by atoms with van der Waals surface area (Å²) in [6.07, 6.45) is -1.35. The molecule has 0 spiro atoms. The third kappa shape index (κ3) is 5.31. The first kappa shape index (κ1) is 13.5. The lowest BCUT2D eigenvalue weighted by Crippen LogP contribution is -2.36. The van der Waals surface area contributed by atoms with Crippen molar-refractivity contribution in [3.8, 4) is 0 Å². The molecule has 14 heavy (non-hydrogen) atoms. The molecule has 0 saturated carbocycles. The van der Waals surface area contributed by atoms with E-state index in [2.05, 4.69) is 5.09 Å². The largest absolute Gasteiger partial charge is 0.480 e. The Bertz CT molecular complexity index is 210. The number of hydrogen-bond donors (Lipinski definition) is 5. The van der Waals surface area contributed by atoms with Crippen molar-refractivity contribution in [2.24, 2.45) is 0 Å². The van der Waals surface area contributed by atoms with Gasteiger partial charge in [-0.15, -0.1) is 0 Å². The van der Waals surface area contributed by atoms with Crippen molar-refractivity contribution in [3.05, 3.63) is 0 Å². The topological polar surface area (TPSA) is 127 Å². The minimum atomic E-state index is -2.51. The van der Waals surface area contributed by atoms with Gasteiger partial charge in [-0.3, -0.25) is 9.88 Å². The molecule has 3 atom stereocenters. The number of aliphatic carboxylic acids is 1. The highest BCUT2D eigenvalue weighted by atomic mass is 31.1. The lowest BCUT2D eigenvalue weighted by Gasteiger charge is -2.12. The molecule has 0 amide bonds. The van der Waals surface area contributed by atoms with Gasteiger partial charge in [0, 0.05) is 6.16 Å². The van der Waals surface area contributed by atoms with Crippen LogP contribution < -0.4 is 5.09 Å². The number of nitrogens with one attached hydrogen (secondary N) is 1. The van der Waals surface area contributed by atoms with Crippen LogP contribution in [-0.4, -0.2) is 57.9 Å². The second-order valence-corrected chi connectivity index (χ2v) is 4.22. The van der Waals surface area contributed by atoms with E-state index in [0.29, 0.717) is 0 Å². The number of aliphatic hydroxyl groups excluding tert-OH is 3. The van der Waals surface area contributed by atoms with Gasteiger partial charge < -0.3 is 25.0 Å². The van der Waals surface area contributed by atoms with Crippen molar-refractivity contribution in [2.75, 3.05) is 19.4 Å². The van der Waals surface area contributed by atoms with Gasteiger partial charge in [0.1, 0.15) is 14.0 Å². The number of carbonyl (C=O) groups is 1. The van der Waals surface area contributed by atoms with Crippen molar-refractivity contribution in [2.45, 2.75) is 12.1 Å². The maximum Gasteiger partial charge on any atom is 0.323 e. The van der Waals surface area contributed by atoms with Crippen LogP contribution in [0.2, 0.25) is 0 Å². The van der Waals surface area contributed by atoms with E-state index in [1.54, 1.807) is 0 Å². The number of aliphatic hydroxyl groups is 3. The van der Waals surface area contributed by atoms with E-state index in [1.807, 2.05) is 0 Å². The van der Waals surface area contributed by atoms with Gasteiger partial charge in [-0.1, -0.05) is 0 Å². The zero-order valence-corrected chi connectivity index (χ0v) is 8.38. The molecule has 0 aromatic heterocycles. The highest BCUT2D eigenvalue weighted by molar-refractivity contribution is 7.42. The van der Waals surface area contributed by atoms with E-state index in [1.165, 1.54) is 0 Å². The van der Waals surface area contributed by atoms with E-state index in [0.717, 1.165) is 0 Å². The molecule has 7 nitrogen and oxygen atoms in total. The standard InChI is InChI=1S/C6H14NO6P/c8-1-4(10)3-14(13)7-5(2-9)6(11)12/h4-5,8-10,14H,1-3H2,(H,7,13)(H,11,12)/t4-,5+/m1/s1. The van der Waals surface area contributed by atoms with Crippen molar-refractivity contribution in [1.82, 2.24) is 5.09 Å². The lowest BCUT2D eigenvalue weighted by atomic mass is 10.3. The molecule has 1 unspecified atom stereocenters. The van der Waals surface area contributed by atoms with Gasteiger partial charge in [0.25, 0.3) is 0 Å². The van der Waals surface area contributed by atoms with Crippen molar-refractivity contribution >= 4 is 13.9 Å². The Kier molecular flexibility index (Phi) is 6.69. The fourth-order valence-electron chi connectivity index (χ4n) is 0.717. The van der Waals surface area contributed by atoms with Crippen molar-refractivity contribution < 1.29 is 29.8 Å². The third-order valence-corrected chi connectivity index (χ3v) is 2.96. The second kappa shape index (κ2) is 6.92. The minimum Gasteiger partial charge on any atom is -0.480 e. The molecule has 0 aromatic carbocycles. The zero-order valence-electron chi connectivity index (χ0n) is 7.38. The van der Waals surface area contributed by atoms with E-state index < -0.39 is 39.3 Å². The van der Waals surface area contributed by atoms with E-state index >= 15 is 0 Å². The first-order valence-corrected chi connectivity index (χ1v) is 5.54. The summed E-state index contributed by atoms with van der Waals surface area (Å²) in [6, 6.07) is -1.30. The van der Waals surface area contributed by atoms with E-state index in [9.17, 15) is 9.36 Å². The van der Waals surface area contributed by atoms with Crippen molar-refractivity contribution in [3.63, 3.8) is 0 Å². The molecule has 0 saturated heterocycles. The summed E-state index contributed by atoms with van der Waals surface area (Å²) >= 11 is 0. The van der Waals surface area contributed by atoms with Gasteiger partial charge in [0.15, 0.2) is 0 Å². The average molecular weight is 227 g/mol. The van der Waals surface area contributed by atoms with Crippen LogP contribution in [0.4, 0.5) is 0 Å². The van der Waals surface area contributed by atoms with Crippen LogP contribution in [0.5, 0.6) is 0 Å².